The molecule has 4 atom stereocenters. The molecule has 0 nitrogen and oxygen atoms in total. The summed E-state index contributed by atoms with van der Waals surface area (Å²) in [5, 5.41) is 0. The fourth-order valence-electron chi connectivity index (χ4n) is 1.63. The molecule has 0 aromatic heterocycles. The SMILES string of the molecule is CCC1C(F)C(F)C(F)C(F)C1F. The molecule has 0 saturated heterocycles. The minimum Gasteiger partial charge on any atom is -0.244 e. The van der Waals surface area contributed by atoms with Crippen molar-refractivity contribution >= 4 is 0 Å². The van der Waals surface area contributed by atoms with Gasteiger partial charge in [0.05, 0.1) is 0 Å². The fourth-order valence-corrected chi connectivity index (χ4v) is 1.63. The van der Waals surface area contributed by atoms with Crippen molar-refractivity contribution < 1.29 is 22.0 Å². The average Bonchev–Trinajstić information content (AvgIpc) is 2.13. The molecule has 0 radical (unpaired) electrons. The van der Waals surface area contributed by atoms with E-state index in [0.29, 0.717) is 0 Å². The van der Waals surface area contributed by atoms with E-state index in [1.165, 1.54) is 6.92 Å². The monoisotopic (exact) mass is 202 g/mol. The Balaban J connectivity index is 2.79. The molecular weight excluding hydrogens is 191 g/mol. The first-order valence-electron chi connectivity index (χ1n) is 4.21. The summed E-state index contributed by atoms with van der Waals surface area (Å²) in [7, 11) is 0. The van der Waals surface area contributed by atoms with Crippen LogP contribution in [0.4, 0.5) is 22.0 Å². The molecule has 1 saturated carbocycles. The molecule has 0 spiro atoms. The van der Waals surface area contributed by atoms with Crippen molar-refractivity contribution in [1.82, 2.24) is 0 Å². The lowest BCUT2D eigenvalue weighted by Gasteiger charge is -2.35. The molecule has 0 amide bonds. The highest BCUT2D eigenvalue weighted by Gasteiger charge is 2.52. The van der Waals surface area contributed by atoms with Crippen molar-refractivity contribution in [3.8, 4) is 0 Å². The third-order valence-corrected chi connectivity index (χ3v) is 2.51. The predicted octanol–water partition coefficient (Wildman–Crippen LogP) is 2.72. The zero-order valence-corrected chi connectivity index (χ0v) is 7.06. The number of hydrogen-bond acceptors (Lipinski definition) is 0. The second-order valence-electron chi connectivity index (χ2n) is 3.29. The van der Waals surface area contributed by atoms with E-state index in [1.807, 2.05) is 0 Å². The molecule has 0 bridgehead atoms. The van der Waals surface area contributed by atoms with E-state index in [4.69, 9.17) is 0 Å². The Labute approximate surface area is 73.1 Å². The van der Waals surface area contributed by atoms with Gasteiger partial charge in [0.1, 0.15) is 12.3 Å². The summed E-state index contributed by atoms with van der Waals surface area (Å²) in [6.07, 6.45) is -12.2. The van der Waals surface area contributed by atoms with E-state index in [0.717, 1.165) is 0 Å². The van der Waals surface area contributed by atoms with Crippen molar-refractivity contribution in [2.24, 2.45) is 5.92 Å². The van der Waals surface area contributed by atoms with Gasteiger partial charge in [-0.1, -0.05) is 6.92 Å². The van der Waals surface area contributed by atoms with Crippen LogP contribution in [-0.2, 0) is 0 Å². The first kappa shape index (κ1) is 10.7. The van der Waals surface area contributed by atoms with E-state index in [-0.39, 0.29) is 6.42 Å². The maximum atomic E-state index is 12.9. The van der Waals surface area contributed by atoms with Gasteiger partial charge < -0.3 is 0 Å². The van der Waals surface area contributed by atoms with Crippen LogP contribution in [-0.4, -0.2) is 30.9 Å². The molecule has 0 aromatic rings. The topological polar surface area (TPSA) is 0 Å². The van der Waals surface area contributed by atoms with E-state index >= 15 is 0 Å². The fraction of sp³-hybridized carbons (Fsp3) is 1.00. The van der Waals surface area contributed by atoms with Gasteiger partial charge in [-0.15, -0.1) is 0 Å². The summed E-state index contributed by atoms with van der Waals surface area (Å²) >= 11 is 0. The van der Waals surface area contributed by atoms with Gasteiger partial charge in [0, 0.05) is 5.92 Å². The third-order valence-electron chi connectivity index (χ3n) is 2.51. The van der Waals surface area contributed by atoms with Crippen LogP contribution in [0.5, 0.6) is 0 Å². The lowest BCUT2D eigenvalue weighted by Crippen LogP contribution is -2.53. The van der Waals surface area contributed by atoms with Crippen LogP contribution >= 0.6 is 0 Å². The zero-order chi connectivity index (χ0) is 10.2. The molecular formula is C8H11F5. The van der Waals surface area contributed by atoms with Crippen LogP contribution in [0, 0.1) is 5.92 Å². The molecule has 13 heavy (non-hydrogen) atoms. The van der Waals surface area contributed by atoms with Gasteiger partial charge in [-0.25, -0.2) is 22.0 Å². The number of alkyl halides is 5. The number of rotatable bonds is 1. The van der Waals surface area contributed by atoms with Gasteiger partial charge in [-0.3, -0.25) is 0 Å². The number of halogens is 5. The summed E-state index contributed by atoms with van der Waals surface area (Å²) in [4.78, 5) is 0. The molecule has 1 fully saturated rings. The summed E-state index contributed by atoms with van der Waals surface area (Å²) in [6.45, 7) is 1.42. The van der Waals surface area contributed by atoms with Crippen molar-refractivity contribution in [3.05, 3.63) is 0 Å². The van der Waals surface area contributed by atoms with Crippen LogP contribution in [0.3, 0.4) is 0 Å². The minimum absolute atomic E-state index is 0.0319. The van der Waals surface area contributed by atoms with Gasteiger partial charge in [0.2, 0.25) is 0 Å². The average molecular weight is 202 g/mol. The van der Waals surface area contributed by atoms with Gasteiger partial charge in [-0.2, -0.15) is 0 Å². The largest absolute Gasteiger partial charge is 0.244 e. The standard InChI is InChI=1S/C8H11F5/c1-2-3-4(9)6(11)8(13)7(12)5(3)10/h3-8H,2H2,1H3. The number of hydrogen-bond donors (Lipinski definition) is 0. The molecule has 1 rings (SSSR count). The summed E-state index contributed by atoms with van der Waals surface area (Å²) in [6, 6.07) is 0. The lowest BCUT2D eigenvalue weighted by atomic mass is 9.81. The molecule has 1 aliphatic rings. The van der Waals surface area contributed by atoms with E-state index < -0.39 is 36.8 Å². The molecule has 0 aromatic carbocycles. The molecule has 78 valence electrons. The molecule has 4 unspecified atom stereocenters. The van der Waals surface area contributed by atoms with E-state index in [9.17, 15) is 22.0 Å². The first-order valence-corrected chi connectivity index (χ1v) is 4.21. The molecule has 1 aliphatic carbocycles. The minimum atomic E-state index is -2.67. The van der Waals surface area contributed by atoms with Crippen molar-refractivity contribution in [3.63, 3.8) is 0 Å². The van der Waals surface area contributed by atoms with E-state index in [1.54, 1.807) is 0 Å². The van der Waals surface area contributed by atoms with Gasteiger partial charge >= 0.3 is 0 Å². The van der Waals surface area contributed by atoms with Crippen molar-refractivity contribution in [2.75, 3.05) is 0 Å². The Morgan fingerprint density at radius 2 is 1.00 bits per heavy atom. The Morgan fingerprint density at radius 1 is 0.692 bits per heavy atom. The van der Waals surface area contributed by atoms with Crippen LogP contribution in [0.1, 0.15) is 13.3 Å². The second-order valence-corrected chi connectivity index (χ2v) is 3.29. The predicted molar refractivity (Wildman–Crippen MR) is 38.3 cm³/mol. The normalized spacial score (nSPS) is 52.2. The molecule has 0 aliphatic heterocycles. The molecule has 0 N–H and O–H groups in total. The summed E-state index contributed by atoms with van der Waals surface area (Å²) in [5.41, 5.74) is 0. The van der Waals surface area contributed by atoms with Crippen LogP contribution < -0.4 is 0 Å². The quantitative estimate of drug-likeness (QED) is 0.573. The van der Waals surface area contributed by atoms with Crippen molar-refractivity contribution in [2.45, 2.75) is 44.2 Å². The van der Waals surface area contributed by atoms with Gasteiger partial charge in [0.25, 0.3) is 0 Å². The van der Waals surface area contributed by atoms with Crippen LogP contribution in [0.25, 0.3) is 0 Å². The highest BCUT2D eigenvalue weighted by atomic mass is 19.2. The Bertz CT molecular complexity index is 158. The molecule has 0 heterocycles. The Morgan fingerprint density at radius 3 is 1.31 bits per heavy atom. The maximum absolute atomic E-state index is 12.9. The summed E-state index contributed by atoms with van der Waals surface area (Å²) < 4.78 is 63.7. The third kappa shape index (κ3) is 1.65. The highest BCUT2D eigenvalue weighted by Crippen LogP contribution is 2.37. The van der Waals surface area contributed by atoms with Gasteiger partial charge in [0.15, 0.2) is 18.5 Å². The second kappa shape index (κ2) is 3.80. The van der Waals surface area contributed by atoms with Crippen molar-refractivity contribution in [1.29, 1.82) is 0 Å². The molecule has 5 heteroatoms. The maximum Gasteiger partial charge on any atom is 0.168 e. The van der Waals surface area contributed by atoms with Gasteiger partial charge in [-0.05, 0) is 6.42 Å². The highest BCUT2D eigenvalue weighted by molar-refractivity contribution is 4.98. The summed E-state index contributed by atoms with van der Waals surface area (Å²) in [5.74, 6) is -1.36. The smallest absolute Gasteiger partial charge is 0.168 e. The van der Waals surface area contributed by atoms with E-state index in [2.05, 4.69) is 0 Å². The Hall–Kier alpha value is -0.350. The van der Waals surface area contributed by atoms with Crippen LogP contribution in [0.2, 0.25) is 0 Å². The first-order chi connectivity index (χ1) is 6.00. The Kier molecular flexibility index (Phi) is 3.14. The zero-order valence-electron chi connectivity index (χ0n) is 7.06. The van der Waals surface area contributed by atoms with Crippen LogP contribution in [0.15, 0.2) is 0 Å². The lowest BCUT2D eigenvalue weighted by molar-refractivity contribution is -0.0890.